The van der Waals surface area contributed by atoms with Gasteiger partial charge in [-0.1, -0.05) is 49.7 Å². The molecule has 3 aromatic rings. The van der Waals surface area contributed by atoms with Gasteiger partial charge >= 0.3 is 6.03 Å². The van der Waals surface area contributed by atoms with Crippen LogP contribution in [-0.2, 0) is 13.0 Å². The fourth-order valence-electron chi connectivity index (χ4n) is 4.73. The summed E-state index contributed by atoms with van der Waals surface area (Å²) in [6, 6.07) is 19.8. The fourth-order valence-corrected chi connectivity index (χ4v) is 4.73. The lowest BCUT2D eigenvalue weighted by Crippen LogP contribution is -2.36. The van der Waals surface area contributed by atoms with Crippen LogP contribution in [0.2, 0.25) is 0 Å². The lowest BCUT2D eigenvalue weighted by Gasteiger charge is -2.35. The van der Waals surface area contributed by atoms with E-state index in [0.29, 0.717) is 30.3 Å². The summed E-state index contributed by atoms with van der Waals surface area (Å²) in [6.45, 7) is 4.88. The maximum Gasteiger partial charge on any atom is 0.319 e. The molecule has 0 atom stereocenters. The van der Waals surface area contributed by atoms with Crippen molar-refractivity contribution in [2.45, 2.75) is 45.6 Å². The quantitative estimate of drug-likeness (QED) is 0.326. The van der Waals surface area contributed by atoms with Crippen molar-refractivity contribution in [3.63, 3.8) is 0 Å². The van der Waals surface area contributed by atoms with Crippen molar-refractivity contribution in [3.05, 3.63) is 89.7 Å². The predicted molar refractivity (Wildman–Crippen MR) is 149 cm³/mol. The standard InChI is InChI=1S/C30H37N5O2/c1-2-3-16-32-30(37)34-26-11-12-28(27(20-26)29(36)33-22-25-10-7-15-31-21-25)35-17-13-24(14-18-35)19-23-8-5-4-6-9-23/h4-12,15,20-21,24H,2-3,13-14,16-19,22H2,1H3,(H,33,36)(H2,32,34,37). The minimum atomic E-state index is -0.260. The molecule has 1 fully saturated rings. The van der Waals surface area contributed by atoms with Crippen LogP contribution in [0.15, 0.2) is 73.1 Å². The number of hydrogen-bond acceptors (Lipinski definition) is 4. The number of urea groups is 1. The number of carbonyl (C=O) groups excluding carboxylic acids is 2. The molecule has 0 radical (unpaired) electrons. The number of amides is 3. The van der Waals surface area contributed by atoms with E-state index in [0.717, 1.165) is 56.4 Å². The van der Waals surface area contributed by atoms with Gasteiger partial charge in [-0.15, -0.1) is 0 Å². The first-order valence-corrected chi connectivity index (χ1v) is 13.3. The molecule has 0 spiro atoms. The number of carbonyl (C=O) groups is 2. The molecule has 1 aliphatic rings. The fraction of sp³-hybridized carbons (Fsp3) is 0.367. The molecule has 1 aromatic heterocycles. The number of piperidine rings is 1. The summed E-state index contributed by atoms with van der Waals surface area (Å²) in [6.07, 6.45) is 8.63. The highest BCUT2D eigenvalue weighted by Gasteiger charge is 2.24. The molecule has 7 nitrogen and oxygen atoms in total. The number of anilines is 2. The Morgan fingerprint density at radius 3 is 2.49 bits per heavy atom. The van der Waals surface area contributed by atoms with Crippen molar-refractivity contribution in [3.8, 4) is 0 Å². The Morgan fingerprint density at radius 1 is 0.973 bits per heavy atom. The molecule has 0 unspecified atom stereocenters. The van der Waals surface area contributed by atoms with Gasteiger partial charge in [0.15, 0.2) is 0 Å². The van der Waals surface area contributed by atoms with Gasteiger partial charge in [0, 0.05) is 49.9 Å². The number of nitrogens with zero attached hydrogens (tertiary/aromatic N) is 2. The first-order valence-electron chi connectivity index (χ1n) is 13.3. The van der Waals surface area contributed by atoms with Gasteiger partial charge < -0.3 is 20.9 Å². The van der Waals surface area contributed by atoms with Gasteiger partial charge in [-0.25, -0.2) is 4.79 Å². The van der Waals surface area contributed by atoms with E-state index in [1.165, 1.54) is 5.56 Å². The van der Waals surface area contributed by atoms with Gasteiger partial charge in [-0.3, -0.25) is 9.78 Å². The van der Waals surface area contributed by atoms with Gasteiger partial charge in [0.1, 0.15) is 0 Å². The number of rotatable bonds is 10. The number of benzene rings is 2. The molecule has 1 saturated heterocycles. The van der Waals surface area contributed by atoms with Crippen molar-refractivity contribution in [2.75, 3.05) is 29.9 Å². The Kier molecular flexibility index (Phi) is 9.52. The van der Waals surface area contributed by atoms with Gasteiger partial charge in [-0.05, 0) is 67.0 Å². The lowest BCUT2D eigenvalue weighted by atomic mass is 9.89. The first-order chi connectivity index (χ1) is 18.1. The largest absolute Gasteiger partial charge is 0.371 e. The zero-order valence-corrected chi connectivity index (χ0v) is 21.6. The second kappa shape index (κ2) is 13.4. The molecule has 0 saturated carbocycles. The molecule has 37 heavy (non-hydrogen) atoms. The summed E-state index contributed by atoms with van der Waals surface area (Å²) < 4.78 is 0. The summed E-state index contributed by atoms with van der Waals surface area (Å²) in [4.78, 5) is 32.1. The van der Waals surface area contributed by atoms with Crippen molar-refractivity contribution in [1.29, 1.82) is 0 Å². The molecule has 2 heterocycles. The molecule has 194 valence electrons. The Hall–Kier alpha value is -3.87. The zero-order valence-electron chi connectivity index (χ0n) is 21.6. The maximum atomic E-state index is 13.3. The zero-order chi connectivity index (χ0) is 25.9. The third-order valence-corrected chi connectivity index (χ3v) is 6.81. The average Bonchev–Trinajstić information content (AvgIpc) is 2.93. The monoisotopic (exact) mass is 499 g/mol. The van der Waals surface area contributed by atoms with Gasteiger partial charge in [0.25, 0.3) is 5.91 Å². The van der Waals surface area contributed by atoms with Crippen LogP contribution in [0.5, 0.6) is 0 Å². The molecular formula is C30H37N5O2. The predicted octanol–water partition coefficient (Wildman–Crippen LogP) is 5.39. The van der Waals surface area contributed by atoms with E-state index in [4.69, 9.17) is 0 Å². The van der Waals surface area contributed by atoms with Crippen LogP contribution in [0.4, 0.5) is 16.2 Å². The molecule has 0 aliphatic carbocycles. The van der Waals surface area contributed by atoms with Crippen molar-refractivity contribution >= 4 is 23.3 Å². The van der Waals surface area contributed by atoms with E-state index in [1.807, 2.05) is 24.3 Å². The minimum Gasteiger partial charge on any atom is -0.371 e. The van der Waals surface area contributed by atoms with E-state index in [-0.39, 0.29) is 11.9 Å². The molecule has 2 aromatic carbocycles. The minimum absolute atomic E-state index is 0.166. The summed E-state index contributed by atoms with van der Waals surface area (Å²) in [5.74, 6) is 0.467. The second-order valence-corrected chi connectivity index (χ2v) is 9.63. The third kappa shape index (κ3) is 7.81. The number of nitrogens with one attached hydrogen (secondary N) is 3. The Labute approximate surface area is 219 Å². The van der Waals surface area contributed by atoms with Crippen LogP contribution in [0.1, 0.15) is 54.1 Å². The van der Waals surface area contributed by atoms with Crippen LogP contribution in [0, 0.1) is 5.92 Å². The van der Waals surface area contributed by atoms with Crippen LogP contribution in [-0.4, -0.2) is 36.6 Å². The Morgan fingerprint density at radius 2 is 1.76 bits per heavy atom. The van der Waals surface area contributed by atoms with Crippen LogP contribution < -0.4 is 20.9 Å². The van der Waals surface area contributed by atoms with Crippen molar-refractivity contribution in [1.82, 2.24) is 15.6 Å². The van der Waals surface area contributed by atoms with E-state index < -0.39 is 0 Å². The maximum absolute atomic E-state index is 13.3. The molecule has 3 N–H and O–H groups in total. The topological polar surface area (TPSA) is 86.4 Å². The van der Waals surface area contributed by atoms with Gasteiger partial charge in [0.2, 0.25) is 0 Å². The molecule has 7 heteroatoms. The van der Waals surface area contributed by atoms with Crippen molar-refractivity contribution < 1.29 is 9.59 Å². The lowest BCUT2D eigenvalue weighted by molar-refractivity contribution is 0.0951. The highest BCUT2D eigenvalue weighted by molar-refractivity contribution is 6.02. The van der Waals surface area contributed by atoms with Gasteiger partial charge in [0.05, 0.1) is 5.56 Å². The van der Waals surface area contributed by atoms with Gasteiger partial charge in [-0.2, -0.15) is 0 Å². The summed E-state index contributed by atoms with van der Waals surface area (Å²) in [5.41, 5.74) is 4.38. The van der Waals surface area contributed by atoms with Crippen LogP contribution in [0.3, 0.4) is 0 Å². The molecule has 1 aliphatic heterocycles. The number of aromatic nitrogens is 1. The van der Waals surface area contributed by atoms with Crippen LogP contribution in [0.25, 0.3) is 0 Å². The molecule has 4 rings (SSSR count). The van der Waals surface area contributed by atoms with Crippen LogP contribution >= 0.6 is 0 Å². The smallest absolute Gasteiger partial charge is 0.319 e. The van der Waals surface area contributed by atoms with E-state index in [2.05, 4.69) is 63.1 Å². The Balaban J connectivity index is 1.46. The summed E-state index contributed by atoms with van der Waals surface area (Å²) >= 11 is 0. The summed E-state index contributed by atoms with van der Waals surface area (Å²) in [5, 5.41) is 8.76. The average molecular weight is 500 g/mol. The van der Waals surface area contributed by atoms with Crippen molar-refractivity contribution in [2.24, 2.45) is 5.92 Å². The third-order valence-electron chi connectivity index (χ3n) is 6.81. The molecular weight excluding hydrogens is 462 g/mol. The number of unbranched alkanes of at least 4 members (excludes halogenated alkanes) is 1. The normalized spacial score (nSPS) is 13.7. The molecule has 3 amide bonds. The molecule has 0 bridgehead atoms. The Bertz CT molecular complexity index is 1150. The number of pyridine rings is 1. The van der Waals surface area contributed by atoms with E-state index in [1.54, 1.807) is 18.5 Å². The highest BCUT2D eigenvalue weighted by atomic mass is 16.2. The number of hydrogen-bond donors (Lipinski definition) is 3. The highest BCUT2D eigenvalue weighted by Crippen LogP contribution is 2.30. The van der Waals surface area contributed by atoms with E-state index in [9.17, 15) is 9.59 Å². The SMILES string of the molecule is CCCCNC(=O)Nc1ccc(N2CCC(Cc3ccccc3)CC2)c(C(=O)NCc2cccnc2)c1. The summed E-state index contributed by atoms with van der Waals surface area (Å²) in [7, 11) is 0. The van der Waals surface area contributed by atoms with E-state index >= 15 is 0 Å². The first kappa shape index (κ1) is 26.2. The second-order valence-electron chi connectivity index (χ2n) is 9.63.